The largest absolute Gasteiger partial charge is 0.434 e. The van der Waals surface area contributed by atoms with Gasteiger partial charge in [-0.1, -0.05) is 0 Å². The average Bonchev–Trinajstić information content (AvgIpc) is 2.03. The van der Waals surface area contributed by atoms with Crippen molar-refractivity contribution < 1.29 is 18.0 Å². The van der Waals surface area contributed by atoms with E-state index < -0.39 is 23.5 Å². The summed E-state index contributed by atoms with van der Waals surface area (Å²) in [5.41, 5.74) is 2.98. The molecule has 0 aromatic carbocycles. The zero-order chi connectivity index (χ0) is 10.1. The van der Waals surface area contributed by atoms with Crippen LogP contribution in [0.2, 0.25) is 0 Å². The van der Waals surface area contributed by atoms with Gasteiger partial charge in [-0.25, -0.2) is 4.98 Å². The third-order valence-corrected chi connectivity index (χ3v) is 1.18. The lowest BCUT2D eigenvalue weighted by Crippen LogP contribution is -2.17. The Morgan fingerprint density at radius 2 is 2.00 bits per heavy atom. The molecule has 7 heteroatoms. The first-order valence-electron chi connectivity index (χ1n) is 3.10. The molecule has 0 unspecified atom stereocenters. The van der Waals surface area contributed by atoms with Crippen molar-refractivity contribution >= 4 is 5.91 Å². The molecule has 0 saturated carbocycles. The van der Waals surface area contributed by atoms with Gasteiger partial charge in [0.25, 0.3) is 5.91 Å². The van der Waals surface area contributed by atoms with Gasteiger partial charge in [0.1, 0.15) is 5.69 Å². The van der Waals surface area contributed by atoms with Crippen LogP contribution in [0.4, 0.5) is 13.2 Å². The number of halogens is 3. The molecule has 0 bridgehead atoms. The molecule has 2 N–H and O–H groups in total. The van der Waals surface area contributed by atoms with Gasteiger partial charge in [0.05, 0.1) is 12.4 Å². The van der Waals surface area contributed by atoms with Crippen LogP contribution in [0.3, 0.4) is 0 Å². The van der Waals surface area contributed by atoms with E-state index >= 15 is 0 Å². The van der Waals surface area contributed by atoms with Gasteiger partial charge < -0.3 is 5.73 Å². The Morgan fingerprint density at radius 3 is 2.46 bits per heavy atom. The maximum Gasteiger partial charge on any atom is 0.434 e. The van der Waals surface area contributed by atoms with Crippen LogP contribution in [0, 0.1) is 0 Å². The number of hydrogen-bond acceptors (Lipinski definition) is 3. The van der Waals surface area contributed by atoms with Crippen molar-refractivity contribution in [1.82, 2.24) is 9.97 Å². The van der Waals surface area contributed by atoms with Crippen molar-refractivity contribution in [1.29, 1.82) is 0 Å². The maximum atomic E-state index is 12.0. The van der Waals surface area contributed by atoms with E-state index in [2.05, 4.69) is 9.97 Å². The van der Waals surface area contributed by atoms with E-state index in [4.69, 9.17) is 5.73 Å². The molecule has 0 aliphatic rings. The Balaban J connectivity index is 3.13. The molecular formula is C6H4F3N3O. The highest BCUT2D eigenvalue weighted by molar-refractivity contribution is 5.90. The zero-order valence-corrected chi connectivity index (χ0v) is 6.17. The van der Waals surface area contributed by atoms with E-state index in [1.54, 1.807) is 0 Å². The maximum absolute atomic E-state index is 12.0. The third-order valence-electron chi connectivity index (χ3n) is 1.18. The van der Waals surface area contributed by atoms with Crippen LogP contribution in [0.15, 0.2) is 12.4 Å². The Hall–Kier alpha value is -1.66. The quantitative estimate of drug-likeness (QED) is 0.706. The first kappa shape index (κ1) is 9.43. The predicted molar refractivity (Wildman–Crippen MR) is 35.6 cm³/mol. The van der Waals surface area contributed by atoms with Crippen LogP contribution in [-0.2, 0) is 6.18 Å². The summed E-state index contributed by atoms with van der Waals surface area (Å²) in [5.74, 6) is -1.04. The monoisotopic (exact) mass is 191 g/mol. The second-order valence-electron chi connectivity index (χ2n) is 2.15. The van der Waals surface area contributed by atoms with Crippen LogP contribution in [-0.4, -0.2) is 15.9 Å². The number of hydrogen-bond donors (Lipinski definition) is 1. The van der Waals surface area contributed by atoms with Gasteiger partial charge >= 0.3 is 6.18 Å². The fourth-order valence-corrected chi connectivity index (χ4v) is 0.621. The van der Waals surface area contributed by atoms with Gasteiger partial charge in [-0.3, -0.25) is 9.78 Å². The number of primary amides is 1. The molecule has 1 aromatic rings. The molecule has 13 heavy (non-hydrogen) atoms. The lowest BCUT2D eigenvalue weighted by atomic mass is 10.4. The standard InChI is InChI=1S/C6H4F3N3O/c7-6(8,9)4-2-11-1-3(12-4)5(10)13/h1-2H,(H2,10,13). The molecule has 1 rings (SSSR count). The second-order valence-corrected chi connectivity index (χ2v) is 2.15. The number of rotatable bonds is 1. The number of nitrogens with zero attached hydrogens (tertiary/aromatic N) is 2. The van der Waals surface area contributed by atoms with Crippen LogP contribution in [0.5, 0.6) is 0 Å². The van der Waals surface area contributed by atoms with Crippen molar-refractivity contribution in [2.24, 2.45) is 5.73 Å². The molecule has 70 valence electrons. The minimum atomic E-state index is -4.61. The van der Waals surface area contributed by atoms with Crippen LogP contribution >= 0.6 is 0 Å². The summed E-state index contributed by atoms with van der Waals surface area (Å²) < 4.78 is 35.9. The fourth-order valence-electron chi connectivity index (χ4n) is 0.621. The highest BCUT2D eigenvalue weighted by Crippen LogP contribution is 2.26. The molecule has 0 fully saturated rings. The van der Waals surface area contributed by atoms with Gasteiger partial charge in [-0.2, -0.15) is 13.2 Å². The molecule has 4 nitrogen and oxygen atoms in total. The predicted octanol–water partition coefficient (Wildman–Crippen LogP) is 0.594. The van der Waals surface area contributed by atoms with E-state index in [-0.39, 0.29) is 0 Å². The Morgan fingerprint density at radius 1 is 1.38 bits per heavy atom. The van der Waals surface area contributed by atoms with Gasteiger partial charge in [0, 0.05) is 0 Å². The minimum Gasteiger partial charge on any atom is -0.364 e. The summed E-state index contributed by atoms with van der Waals surface area (Å²) >= 11 is 0. The highest BCUT2D eigenvalue weighted by Gasteiger charge is 2.33. The first-order chi connectivity index (χ1) is 5.91. The Bertz CT molecular complexity index is 336. The van der Waals surface area contributed by atoms with Gasteiger partial charge in [-0.15, -0.1) is 0 Å². The smallest absolute Gasteiger partial charge is 0.364 e. The van der Waals surface area contributed by atoms with Crippen LogP contribution in [0.1, 0.15) is 16.2 Å². The highest BCUT2D eigenvalue weighted by atomic mass is 19.4. The number of carbonyl (C=O) groups is 1. The molecule has 0 atom stereocenters. The topological polar surface area (TPSA) is 68.9 Å². The molecular weight excluding hydrogens is 187 g/mol. The molecule has 0 radical (unpaired) electrons. The van der Waals surface area contributed by atoms with Gasteiger partial charge in [0.2, 0.25) is 0 Å². The number of nitrogens with two attached hydrogens (primary N) is 1. The molecule has 1 amide bonds. The number of aromatic nitrogens is 2. The van der Waals surface area contributed by atoms with Crippen molar-refractivity contribution in [3.05, 3.63) is 23.8 Å². The van der Waals surface area contributed by atoms with Crippen LogP contribution < -0.4 is 5.73 Å². The molecule has 1 aromatic heterocycles. The summed E-state index contributed by atoms with van der Waals surface area (Å²) in [4.78, 5) is 16.6. The van der Waals surface area contributed by atoms with Crippen molar-refractivity contribution in [3.8, 4) is 0 Å². The van der Waals surface area contributed by atoms with Crippen LogP contribution in [0.25, 0.3) is 0 Å². The average molecular weight is 191 g/mol. The normalized spacial score (nSPS) is 11.3. The summed E-state index contributed by atoms with van der Waals surface area (Å²) in [6.07, 6.45) is -3.22. The Kier molecular flexibility index (Phi) is 2.18. The van der Waals surface area contributed by atoms with E-state index in [1.807, 2.05) is 0 Å². The lowest BCUT2D eigenvalue weighted by molar-refractivity contribution is -0.141. The summed E-state index contributed by atoms with van der Waals surface area (Å²) in [5, 5.41) is 0. The summed E-state index contributed by atoms with van der Waals surface area (Å²) in [6.45, 7) is 0. The SMILES string of the molecule is NC(=O)c1cncc(C(F)(F)F)n1. The lowest BCUT2D eigenvalue weighted by Gasteiger charge is -2.04. The van der Waals surface area contributed by atoms with Crippen molar-refractivity contribution in [2.45, 2.75) is 6.18 Å². The molecule has 0 aliphatic carbocycles. The minimum absolute atomic E-state index is 0.505. The number of alkyl halides is 3. The van der Waals surface area contributed by atoms with Crippen molar-refractivity contribution in [2.75, 3.05) is 0 Å². The third kappa shape index (κ3) is 2.14. The van der Waals surface area contributed by atoms with E-state index in [1.165, 1.54) is 0 Å². The Labute approximate surface area is 70.6 Å². The number of carbonyl (C=O) groups excluding carboxylic acids is 1. The van der Waals surface area contributed by atoms with E-state index in [0.717, 1.165) is 6.20 Å². The molecule has 0 aliphatic heterocycles. The summed E-state index contributed by atoms with van der Waals surface area (Å²) in [6, 6.07) is 0. The fraction of sp³-hybridized carbons (Fsp3) is 0.167. The molecule has 1 heterocycles. The van der Waals surface area contributed by atoms with Gasteiger partial charge in [0.15, 0.2) is 5.69 Å². The second kappa shape index (κ2) is 3.00. The van der Waals surface area contributed by atoms with Crippen molar-refractivity contribution in [3.63, 3.8) is 0 Å². The van der Waals surface area contributed by atoms with E-state index in [9.17, 15) is 18.0 Å². The molecule has 0 saturated heterocycles. The zero-order valence-electron chi connectivity index (χ0n) is 6.17. The van der Waals surface area contributed by atoms with E-state index in [0.29, 0.717) is 6.20 Å². The van der Waals surface area contributed by atoms with Gasteiger partial charge in [-0.05, 0) is 0 Å². The molecule has 0 spiro atoms. The summed E-state index contributed by atoms with van der Waals surface area (Å²) in [7, 11) is 0. The first-order valence-corrected chi connectivity index (χ1v) is 3.10. The number of amides is 1.